The number of fused-ring (bicyclic) bond motifs is 1. The molecule has 0 amide bonds. The number of hydrogen-bond acceptors (Lipinski definition) is 3. The second-order valence-corrected chi connectivity index (χ2v) is 4.42. The van der Waals surface area contributed by atoms with Crippen molar-refractivity contribution in [1.29, 1.82) is 0 Å². The normalized spacial score (nSPS) is 18.5. The maximum Gasteiger partial charge on any atom is 0.203 e. The van der Waals surface area contributed by atoms with E-state index in [0.29, 0.717) is 5.92 Å². The van der Waals surface area contributed by atoms with Crippen LogP contribution in [-0.4, -0.2) is 21.1 Å². The minimum absolute atomic E-state index is 0.504. The molecular formula is C13H16N4. The smallest absolute Gasteiger partial charge is 0.203 e. The lowest BCUT2D eigenvalue weighted by molar-refractivity contribution is 0.548. The third-order valence-electron chi connectivity index (χ3n) is 3.29. The van der Waals surface area contributed by atoms with Gasteiger partial charge in [0.05, 0.1) is 5.69 Å². The minimum Gasteiger partial charge on any atom is -0.355 e. The molecule has 2 aromatic rings. The molecule has 0 aliphatic carbocycles. The van der Waals surface area contributed by atoms with Crippen LogP contribution in [0.25, 0.3) is 0 Å². The Hall–Kier alpha value is -1.84. The predicted molar refractivity (Wildman–Crippen MR) is 67.1 cm³/mol. The zero-order valence-electron chi connectivity index (χ0n) is 9.93. The number of imidazole rings is 1. The molecule has 3 heterocycles. The average Bonchev–Trinajstić information content (AvgIpc) is 2.81. The average molecular weight is 228 g/mol. The first-order valence-electron chi connectivity index (χ1n) is 6.06. The monoisotopic (exact) mass is 228 g/mol. The van der Waals surface area contributed by atoms with E-state index in [1.165, 1.54) is 5.56 Å². The first-order valence-corrected chi connectivity index (χ1v) is 6.06. The van der Waals surface area contributed by atoms with Crippen molar-refractivity contribution in [3.63, 3.8) is 0 Å². The number of aryl methyl sites for hydroxylation is 1. The van der Waals surface area contributed by atoms with Crippen molar-refractivity contribution in [2.24, 2.45) is 0 Å². The van der Waals surface area contributed by atoms with Crippen LogP contribution in [0.2, 0.25) is 0 Å². The zero-order valence-corrected chi connectivity index (χ0v) is 9.93. The summed E-state index contributed by atoms with van der Waals surface area (Å²) in [7, 11) is 0. The lowest BCUT2D eigenvalue weighted by Gasteiger charge is -2.25. The third-order valence-corrected chi connectivity index (χ3v) is 3.29. The van der Waals surface area contributed by atoms with Crippen molar-refractivity contribution in [2.45, 2.75) is 25.8 Å². The fraction of sp³-hybridized carbons (Fsp3) is 0.385. The predicted octanol–water partition coefficient (Wildman–Crippen LogP) is 2.05. The Morgan fingerprint density at radius 2 is 2.24 bits per heavy atom. The van der Waals surface area contributed by atoms with Crippen molar-refractivity contribution >= 4 is 5.95 Å². The molecule has 0 bridgehead atoms. The first kappa shape index (κ1) is 10.3. The Morgan fingerprint density at radius 1 is 1.41 bits per heavy atom. The van der Waals surface area contributed by atoms with E-state index < -0.39 is 0 Å². The Bertz CT molecular complexity index is 503. The standard InChI is InChI=1S/C13H16N4/c1-2-12-9-17-8-11(7-15-13(17)16-12)10-3-5-14-6-4-10/h3-6,9,11H,2,7-8H2,1H3,(H,15,16). The van der Waals surface area contributed by atoms with Gasteiger partial charge in [0.25, 0.3) is 0 Å². The van der Waals surface area contributed by atoms with E-state index in [0.717, 1.165) is 31.2 Å². The summed E-state index contributed by atoms with van der Waals surface area (Å²) in [6.45, 7) is 4.08. The molecule has 1 N–H and O–H groups in total. The molecule has 4 heteroatoms. The van der Waals surface area contributed by atoms with Gasteiger partial charge in [-0.05, 0) is 24.1 Å². The van der Waals surface area contributed by atoms with Crippen LogP contribution in [0, 0.1) is 0 Å². The van der Waals surface area contributed by atoms with E-state index in [2.05, 4.69) is 45.1 Å². The van der Waals surface area contributed by atoms with Gasteiger partial charge in [-0.1, -0.05) is 6.92 Å². The molecule has 0 spiro atoms. The van der Waals surface area contributed by atoms with E-state index in [4.69, 9.17) is 0 Å². The lowest BCUT2D eigenvalue weighted by Crippen LogP contribution is -2.25. The van der Waals surface area contributed by atoms with Crippen molar-refractivity contribution in [3.8, 4) is 0 Å². The molecule has 0 radical (unpaired) electrons. The van der Waals surface area contributed by atoms with E-state index in [-0.39, 0.29) is 0 Å². The topological polar surface area (TPSA) is 42.7 Å². The molecule has 1 aliphatic rings. The molecule has 17 heavy (non-hydrogen) atoms. The summed E-state index contributed by atoms with van der Waals surface area (Å²) < 4.78 is 2.22. The number of hydrogen-bond donors (Lipinski definition) is 1. The van der Waals surface area contributed by atoms with Gasteiger partial charge in [-0.25, -0.2) is 4.98 Å². The lowest BCUT2D eigenvalue weighted by atomic mass is 9.99. The summed E-state index contributed by atoms with van der Waals surface area (Å²) >= 11 is 0. The van der Waals surface area contributed by atoms with Gasteiger partial charge in [0, 0.05) is 37.6 Å². The largest absolute Gasteiger partial charge is 0.355 e. The maximum absolute atomic E-state index is 4.54. The fourth-order valence-electron chi connectivity index (χ4n) is 2.30. The summed E-state index contributed by atoms with van der Waals surface area (Å²) in [6.07, 6.45) is 6.85. The second kappa shape index (κ2) is 4.20. The number of nitrogens with zero attached hydrogens (tertiary/aromatic N) is 3. The third kappa shape index (κ3) is 1.90. The van der Waals surface area contributed by atoms with Gasteiger partial charge < -0.3 is 9.88 Å². The molecule has 0 aromatic carbocycles. The summed E-state index contributed by atoms with van der Waals surface area (Å²) in [6, 6.07) is 4.18. The maximum atomic E-state index is 4.54. The molecule has 4 nitrogen and oxygen atoms in total. The number of pyridine rings is 1. The quantitative estimate of drug-likeness (QED) is 0.855. The van der Waals surface area contributed by atoms with Crippen molar-refractivity contribution in [3.05, 3.63) is 42.0 Å². The van der Waals surface area contributed by atoms with Gasteiger partial charge in [-0.2, -0.15) is 0 Å². The van der Waals surface area contributed by atoms with Crippen molar-refractivity contribution < 1.29 is 0 Å². The highest BCUT2D eigenvalue weighted by molar-refractivity contribution is 5.34. The number of rotatable bonds is 2. The molecule has 0 saturated heterocycles. The van der Waals surface area contributed by atoms with Gasteiger partial charge in [-0.15, -0.1) is 0 Å². The van der Waals surface area contributed by atoms with Gasteiger partial charge >= 0.3 is 0 Å². The molecule has 1 unspecified atom stereocenters. The molecule has 1 aliphatic heterocycles. The second-order valence-electron chi connectivity index (χ2n) is 4.42. The molecule has 0 saturated carbocycles. The summed E-state index contributed by atoms with van der Waals surface area (Å²) in [4.78, 5) is 8.60. The number of anilines is 1. The highest BCUT2D eigenvalue weighted by Gasteiger charge is 2.20. The number of aromatic nitrogens is 3. The van der Waals surface area contributed by atoms with Crippen molar-refractivity contribution in [1.82, 2.24) is 14.5 Å². The molecule has 3 rings (SSSR count). The van der Waals surface area contributed by atoms with Gasteiger partial charge in [0.15, 0.2) is 0 Å². The van der Waals surface area contributed by atoms with E-state index in [1.807, 2.05) is 12.4 Å². The van der Waals surface area contributed by atoms with Crippen LogP contribution in [0.5, 0.6) is 0 Å². The van der Waals surface area contributed by atoms with Crippen LogP contribution >= 0.6 is 0 Å². The Labute approximate surface area is 101 Å². The van der Waals surface area contributed by atoms with Gasteiger partial charge in [0.1, 0.15) is 0 Å². The van der Waals surface area contributed by atoms with E-state index in [1.54, 1.807) is 0 Å². The number of nitrogens with one attached hydrogen (secondary N) is 1. The fourth-order valence-corrected chi connectivity index (χ4v) is 2.30. The summed E-state index contributed by atoms with van der Waals surface area (Å²) in [5.74, 6) is 1.51. The van der Waals surface area contributed by atoms with Crippen LogP contribution in [0.3, 0.4) is 0 Å². The molecule has 0 fully saturated rings. The first-order chi connectivity index (χ1) is 8.36. The zero-order chi connectivity index (χ0) is 11.7. The molecular weight excluding hydrogens is 212 g/mol. The Kier molecular flexibility index (Phi) is 2.55. The molecule has 2 aromatic heterocycles. The Balaban J connectivity index is 1.85. The molecule has 1 atom stereocenters. The Morgan fingerprint density at radius 3 is 3.00 bits per heavy atom. The summed E-state index contributed by atoms with van der Waals surface area (Å²) in [5.41, 5.74) is 2.49. The summed E-state index contributed by atoms with van der Waals surface area (Å²) in [5, 5.41) is 3.40. The van der Waals surface area contributed by atoms with Crippen molar-refractivity contribution in [2.75, 3.05) is 11.9 Å². The van der Waals surface area contributed by atoms with Crippen LogP contribution in [0.1, 0.15) is 24.1 Å². The van der Waals surface area contributed by atoms with Crippen LogP contribution in [0.4, 0.5) is 5.95 Å². The van der Waals surface area contributed by atoms with Crippen LogP contribution in [-0.2, 0) is 13.0 Å². The van der Waals surface area contributed by atoms with E-state index in [9.17, 15) is 0 Å². The minimum atomic E-state index is 0.504. The van der Waals surface area contributed by atoms with Gasteiger partial charge in [0.2, 0.25) is 5.95 Å². The van der Waals surface area contributed by atoms with Crippen LogP contribution < -0.4 is 5.32 Å². The SMILES string of the molecule is CCc1cn2c(n1)NCC(c1ccncc1)C2. The highest BCUT2D eigenvalue weighted by Crippen LogP contribution is 2.25. The van der Waals surface area contributed by atoms with Crippen LogP contribution in [0.15, 0.2) is 30.7 Å². The molecule has 88 valence electrons. The highest BCUT2D eigenvalue weighted by atomic mass is 15.2. The van der Waals surface area contributed by atoms with Gasteiger partial charge in [-0.3, -0.25) is 4.98 Å². The van der Waals surface area contributed by atoms with E-state index >= 15 is 0 Å².